The molecule has 15 heteroatoms. The summed E-state index contributed by atoms with van der Waals surface area (Å²) in [7, 11) is 0. The Morgan fingerprint density at radius 2 is 1.21 bits per heavy atom. The zero-order valence-corrected chi connectivity index (χ0v) is 26.2. The third-order valence-corrected chi connectivity index (χ3v) is 5.28. The molecule has 0 heterocycles. The SMILES string of the molecule is CC(C)(C)OC(=O)NOCCOCC(=O)N[C@@H](CCC(=O)CCCOCCOCCN)C(=O)CCCOCCOCCN. The summed E-state index contributed by atoms with van der Waals surface area (Å²) in [5.41, 5.74) is 12.2. The van der Waals surface area contributed by atoms with Gasteiger partial charge in [0.05, 0.1) is 58.9 Å². The van der Waals surface area contributed by atoms with Crippen molar-refractivity contribution in [3.63, 3.8) is 0 Å². The van der Waals surface area contributed by atoms with Gasteiger partial charge < -0.3 is 45.2 Å². The van der Waals surface area contributed by atoms with E-state index in [0.29, 0.717) is 85.2 Å². The number of ether oxygens (including phenoxy) is 6. The number of ketones is 2. The third kappa shape index (κ3) is 28.3. The molecule has 0 spiro atoms. The predicted molar refractivity (Wildman–Crippen MR) is 157 cm³/mol. The molecule has 0 radical (unpaired) electrons. The van der Waals surface area contributed by atoms with Crippen LogP contribution in [-0.2, 0) is 47.6 Å². The van der Waals surface area contributed by atoms with Gasteiger partial charge in [-0.25, -0.2) is 4.79 Å². The number of hydrogen-bond donors (Lipinski definition) is 4. The van der Waals surface area contributed by atoms with Gasteiger partial charge >= 0.3 is 6.09 Å². The monoisotopic (exact) mass is 622 g/mol. The van der Waals surface area contributed by atoms with Crippen LogP contribution in [0.2, 0.25) is 0 Å². The van der Waals surface area contributed by atoms with Gasteiger partial charge in [0.15, 0.2) is 5.78 Å². The second-order valence-corrected chi connectivity index (χ2v) is 10.4. The first kappa shape index (κ1) is 40.8. The quantitative estimate of drug-likeness (QED) is 0.0659. The molecule has 0 aromatic rings. The standard InChI is InChI=1S/C28H54N4O11/c1-28(2,3)43-27(36)32-42-21-20-41-22-26(35)31-24(25(34)7-5-13-38-17-19-40-15-11-30)9-8-23(33)6-4-12-37-16-18-39-14-10-29/h24H,4-22,29-30H2,1-3H3,(H,31,35)(H,32,36)/t24-/m0/s1. The molecule has 0 aliphatic rings. The van der Waals surface area contributed by atoms with Crippen LogP contribution >= 0.6 is 0 Å². The first-order valence-corrected chi connectivity index (χ1v) is 14.8. The van der Waals surface area contributed by atoms with Gasteiger partial charge in [0.25, 0.3) is 0 Å². The summed E-state index contributed by atoms with van der Waals surface area (Å²) in [5, 5.41) is 2.67. The summed E-state index contributed by atoms with van der Waals surface area (Å²) in [6.45, 7) is 9.09. The largest absolute Gasteiger partial charge is 0.442 e. The predicted octanol–water partition coefficient (Wildman–Crippen LogP) is 0.407. The van der Waals surface area contributed by atoms with Crippen molar-refractivity contribution in [3.05, 3.63) is 0 Å². The first-order valence-electron chi connectivity index (χ1n) is 14.8. The van der Waals surface area contributed by atoms with E-state index in [1.165, 1.54) is 0 Å². The fourth-order valence-electron chi connectivity index (χ4n) is 3.36. The van der Waals surface area contributed by atoms with Crippen molar-refractivity contribution < 1.29 is 52.4 Å². The molecular weight excluding hydrogens is 568 g/mol. The Balaban J connectivity index is 4.48. The van der Waals surface area contributed by atoms with Crippen LogP contribution in [0.3, 0.4) is 0 Å². The van der Waals surface area contributed by atoms with Gasteiger partial charge in [-0.1, -0.05) is 0 Å². The van der Waals surface area contributed by atoms with Crippen LogP contribution in [-0.4, -0.2) is 121 Å². The van der Waals surface area contributed by atoms with Crippen LogP contribution in [0.4, 0.5) is 4.79 Å². The van der Waals surface area contributed by atoms with Gasteiger partial charge in [-0.3, -0.25) is 19.2 Å². The average Bonchev–Trinajstić information content (AvgIpc) is 2.94. The number of nitrogens with one attached hydrogen (secondary N) is 2. The van der Waals surface area contributed by atoms with Gasteiger partial charge in [0.1, 0.15) is 18.0 Å². The molecule has 43 heavy (non-hydrogen) atoms. The zero-order valence-electron chi connectivity index (χ0n) is 26.2. The minimum absolute atomic E-state index is 0.00780. The summed E-state index contributed by atoms with van der Waals surface area (Å²) < 4.78 is 31.6. The zero-order chi connectivity index (χ0) is 32.2. The highest BCUT2D eigenvalue weighted by atomic mass is 16.7. The molecule has 0 aliphatic carbocycles. The van der Waals surface area contributed by atoms with Crippen molar-refractivity contribution >= 4 is 23.6 Å². The fraction of sp³-hybridized carbons (Fsp3) is 0.857. The number of nitrogens with two attached hydrogens (primary N) is 2. The number of hydrogen-bond acceptors (Lipinski definition) is 13. The summed E-state index contributed by atoms with van der Waals surface area (Å²) in [5.74, 6) is -0.735. The van der Waals surface area contributed by atoms with Gasteiger partial charge in [-0.05, 0) is 40.0 Å². The number of Topliss-reactive ketones (excluding diaryl/α,β-unsaturated/α-hetero) is 2. The van der Waals surface area contributed by atoms with Crippen LogP contribution < -0.4 is 22.3 Å². The van der Waals surface area contributed by atoms with E-state index < -0.39 is 23.6 Å². The van der Waals surface area contributed by atoms with Gasteiger partial charge in [-0.2, -0.15) is 5.48 Å². The summed E-state index contributed by atoms with van der Waals surface area (Å²) >= 11 is 0. The maximum atomic E-state index is 12.9. The second-order valence-electron chi connectivity index (χ2n) is 10.4. The topological polar surface area (TPSA) is 209 Å². The number of amides is 2. The average molecular weight is 623 g/mol. The van der Waals surface area contributed by atoms with Crippen LogP contribution in [0, 0.1) is 0 Å². The molecule has 6 N–H and O–H groups in total. The molecular formula is C28H54N4O11. The Morgan fingerprint density at radius 3 is 1.77 bits per heavy atom. The Bertz CT molecular complexity index is 751. The molecule has 1 atom stereocenters. The molecule has 0 bridgehead atoms. The second kappa shape index (κ2) is 27.3. The number of hydroxylamine groups is 1. The normalized spacial score (nSPS) is 12.1. The van der Waals surface area contributed by atoms with E-state index in [9.17, 15) is 19.2 Å². The van der Waals surface area contributed by atoms with E-state index in [-0.39, 0.29) is 50.6 Å². The molecule has 0 fully saturated rings. The van der Waals surface area contributed by atoms with Gasteiger partial charge in [0.2, 0.25) is 5.91 Å². The molecule has 0 unspecified atom stereocenters. The molecule has 0 aliphatic heterocycles. The smallest absolute Gasteiger partial charge is 0.431 e. The van der Waals surface area contributed by atoms with Crippen LogP contribution in [0.25, 0.3) is 0 Å². The number of rotatable bonds is 29. The minimum atomic E-state index is -0.839. The highest BCUT2D eigenvalue weighted by molar-refractivity contribution is 5.90. The van der Waals surface area contributed by atoms with Crippen molar-refractivity contribution in [2.75, 3.05) is 85.8 Å². The van der Waals surface area contributed by atoms with E-state index >= 15 is 0 Å². The fourth-order valence-corrected chi connectivity index (χ4v) is 3.36. The minimum Gasteiger partial charge on any atom is -0.442 e. The van der Waals surface area contributed by atoms with Crippen LogP contribution in [0.5, 0.6) is 0 Å². The Morgan fingerprint density at radius 1 is 0.674 bits per heavy atom. The van der Waals surface area contributed by atoms with E-state index in [1.54, 1.807) is 20.8 Å². The molecule has 0 saturated heterocycles. The van der Waals surface area contributed by atoms with Crippen molar-refractivity contribution in [1.29, 1.82) is 0 Å². The maximum absolute atomic E-state index is 12.9. The highest BCUT2D eigenvalue weighted by Gasteiger charge is 2.21. The molecule has 0 aromatic carbocycles. The lowest BCUT2D eigenvalue weighted by Gasteiger charge is -2.19. The Hall–Kier alpha value is -2.24. The molecule has 0 rings (SSSR count). The third-order valence-electron chi connectivity index (χ3n) is 5.28. The number of carbonyl (C=O) groups excluding carboxylic acids is 4. The van der Waals surface area contributed by atoms with Crippen molar-refractivity contribution in [1.82, 2.24) is 10.8 Å². The molecule has 15 nitrogen and oxygen atoms in total. The van der Waals surface area contributed by atoms with E-state index in [2.05, 4.69) is 10.8 Å². The van der Waals surface area contributed by atoms with E-state index in [4.69, 9.17) is 44.7 Å². The van der Waals surface area contributed by atoms with Crippen molar-refractivity contribution in [3.8, 4) is 0 Å². The van der Waals surface area contributed by atoms with Gasteiger partial charge in [0, 0.05) is 45.6 Å². The number of carbonyl (C=O) groups is 4. The van der Waals surface area contributed by atoms with E-state index in [0.717, 1.165) is 0 Å². The lowest BCUT2D eigenvalue weighted by Crippen LogP contribution is -2.43. The lowest BCUT2D eigenvalue weighted by molar-refractivity contribution is -0.132. The maximum Gasteiger partial charge on any atom is 0.431 e. The molecule has 252 valence electrons. The van der Waals surface area contributed by atoms with Gasteiger partial charge in [-0.15, -0.1) is 0 Å². The molecule has 2 amide bonds. The lowest BCUT2D eigenvalue weighted by atomic mass is 10.00. The molecule has 0 aromatic heterocycles. The highest BCUT2D eigenvalue weighted by Crippen LogP contribution is 2.08. The Labute approximate surface area is 255 Å². The van der Waals surface area contributed by atoms with Crippen LogP contribution in [0.15, 0.2) is 0 Å². The molecule has 0 saturated carbocycles. The summed E-state index contributed by atoms with van der Waals surface area (Å²) in [6.07, 6.45) is 1.05. The summed E-state index contributed by atoms with van der Waals surface area (Å²) in [4.78, 5) is 54.2. The first-order chi connectivity index (χ1) is 20.6. The van der Waals surface area contributed by atoms with E-state index in [1.807, 2.05) is 0 Å². The van der Waals surface area contributed by atoms with Crippen LogP contribution in [0.1, 0.15) is 59.3 Å². The van der Waals surface area contributed by atoms with Crippen molar-refractivity contribution in [2.45, 2.75) is 70.9 Å². The summed E-state index contributed by atoms with van der Waals surface area (Å²) in [6, 6.07) is -0.839. The Kier molecular flexibility index (Phi) is 25.9. The van der Waals surface area contributed by atoms with Crippen molar-refractivity contribution in [2.24, 2.45) is 11.5 Å².